The minimum atomic E-state index is 0.757. The molecule has 1 saturated heterocycles. The SMILES string of the molecule is CN1CCCCC1CCN(CCCN)c1ccccc1. The zero-order valence-electron chi connectivity index (χ0n) is 12.8. The smallest absolute Gasteiger partial charge is 0.0366 e. The highest BCUT2D eigenvalue weighted by Crippen LogP contribution is 2.20. The second-order valence-electron chi connectivity index (χ2n) is 5.88. The van der Waals surface area contributed by atoms with Crippen molar-refractivity contribution in [2.75, 3.05) is 38.1 Å². The molecule has 2 N–H and O–H groups in total. The molecule has 1 heterocycles. The first kappa shape index (κ1) is 15.3. The number of rotatable bonds is 7. The highest BCUT2D eigenvalue weighted by atomic mass is 15.2. The van der Waals surface area contributed by atoms with Gasteiger partial charge in [-0.05, 0) is 58.0 Å². The molecule has 0 saturated carbocycles. The van der Waals surface area contributed by atoms with Gasteiger partial charge in [0.25, 0.3) is 0 Å². The van der Waals surface area contributed by atoms with Crippen LogP contribution in [0.1, 0.15) is 32.1 Å². The molecule has 112 valence electrons. The maximum absolute atomic E-state index is 5.68. The summed E-state index contributed by atoms with van der Waals surface area (Å²) in [5.74, 6) is 0. The Morgan fingerprint density at radius 1 is 1.20 bits per heavy atom. The second kappa shape index (κ2) is 8.28. The Labute approximate surface area is 123 Å². The first-order valence-corrected chi connectivity index (χ1v) is 8.01. The van der Waals surface area contributed by atoms with Crippen LogP contribution in [0.25, 0.3) is 0 Å². The van der Waals surface area contributed by atoms with E-state index >= 15 is 0 Å². The highest BCUT2D eigenvalue weighted by molar-refractivity contribution is 5.45. The van der Waals surface area contributed by atoms with E-state index in [0.29, 0.717) is 0 Å². The standard InChI is InChI=1S/C17H29N3/c1-19-13-6-5-8-16(19)11-15-20(14-7-12-18)17-9-3-2-4-10-17/h2-4,9-10,16H,5-8,11-15,18H2,1H3. The summed E-state index contributed by atoms with van der Waals surface area (Å²) in [7, 11) is 2.27. The Morgan fingerprint density at radius 3 is 2.70 bits per heavy atom. The van der Waals surface area contributed by atoms with Crippen LogP contribution in [-0.4, -0.2) is 44.2 Å². The predicted octanol–water partition coefficient (Wildman–Crippen LogP) is 2.72. The number of anilines is 1. The number of hydrogen-bond acceptors (Lipinski definition) is 3. The van der Waals surface area contributed by atoms with Gasteiger partial charge in [-0.2, -0.15) is 0 Å². The molecule has 1 aromatic carbocycles. The van der Waals surface area contributed by atoms with Crippen molar-refractivity contribution in [3.05, 3.63) is 30.3 Å². The van der Waals surface area contributed by atoms with Crippen molar-refractivity contribution in [3.8, 4) is 0 Å². The average molecular weight is 275 g/mol. The molecule has 20 heavy (non-hydrogen) atoms. The van der Waals surface area contributed by atoms with Gasteiger partial charge in [-0.3, -0.25) is 0 Å². The summed E-state index contributed by atoms with van der Waals surface area (Å²) in [4.78, 5) is 5.03. The summed E-state index contributed by atoms with van der Waals surface area (Å²) < 4.78 is 0. The number of nitrogens with zero attached hydrogens (tertiary/aromatic N) is 2. The van der Waals surface area contributed by atoms with Gasteiger partial charge < -0.3 is 15.5 Å². The van der Waals surface area contributed by atoms with E-state index in [0.717, 1.165) is 32.1 Å². The van der Waals surface area contributed by atoms with E-state index in [9.17, 15) is 0 Å². The molecule has 0 bridgehead atoms. The lowest BCUT2D eigenvalue weighted by Gasteiger charge is -2.34. The molecule has 0 spiro atoms. The molecule has 3 nitrogen and oxygen atoms in total. The summed E-state index contributed by atoms with van der Waals surface area (Å²) in [6.07, 6.45) is 6.44. The molecule has 0 radical (unpaired) electrons. The molecule has 3 heteroatoms. The van der Waals surface area contributed by atoms with Crippen molar-refractivity contribution in [2.45, 2.75) is 38.1 Å². The van der Waals surface area contributed by atoms with Gasteiger partial charge in [-0.1, -0.05) is 24.6 Å². The molecule has 2 rings (SSSR count). The third-order valence-electron chi connectivity index (χ3n) is 4.41. The zero-order valence-corrected chi connectivity index (χ0v) is 12.8. The Morgan fingerprint density at radius 2 is 2.00 bits per heavy atom. The van der Waals surface area contributed by atoms with Crippen molar-refractivity contribution < 1.29 is 0 Å². The average Bonchev–Trinajstić information content (AvgIpc) is 2.50. The molecule has 1 fully saturated rings. The lowest BCUT2D eigenvalue weighted by molar-refractivity contribution is 0.177. The van der Waals surface area contributed by atoms with Gasteiger partial charge in [0.15, 0.2) is 0 Å². The molecular formula is C17H29N3. The van der Waals surface area contributed by atoms with Crippen molar-refractivity contribution in [1.29, 1.82) is 0 Å². The van der Waals surface area contributed by atoms with E-state index in [1.165, 1.54) is 37.9 Å². The normalized spacial score (nSPS) is 20.0. The molecule has 0 aliphatic carbocycles. The molecule has 1 aromatic rings. The molecular weight excluding hydrogens is 246 g/mol. The monoisotopic (exact) mass is 275 g/mol. The Bertz CT molecular complexity index is 366. The van der Waals surface area contributed by atoms with Crippen LogP contribution in [0.15, 0.2) is 30.3 Å². The summed E-state index contributed by atoms with van der Waals surface area (Å²) in [5, 5.41) is 0. The van der Waals surface area contributed by atoms with Crippen LogP contribution in [0, 0.1) is 0 Å². The van der Waals surface area contributed by atoms with E-state index in [2.05, 4.69) is 47.2 Å². The molecule has 1 atom stereocenters. The summed E-state index contributed by atoms with van der Waals surface area (Å²) >= 11 is 0. The van der Waals surface area contributed by atoms with Crippen LogP contribution in [0.2, 0.25) is 0 Å². The van der Waals surface area contributed by atoms with Crippen molar-refractivity contribution in [1.82, 2.24) is 4.90 Å². The van der Waals surface area contributed by atoms with Crippen molar-refractivity contribution in [3.63, 3.8) is 0 Å². The third kappa shape index (κ3) is 4.50. The molecule has 0 aromatic heterocycles. The Kier molecular flexibility index (Phi) is 6.34. The lowest BCUT2D eigenvalue weighted by atomic mass is 10.00. The number of hydrogen-bond donors (Lipinski definition) is 1. The van der Waals surface area contributed by atoms with Gasteiger partial charge >= 0.3 is 0 Å². The fourth-order valence-corrected chi connectivity index (χ4v) is 3.10. The Balaban J connectivity index is 1.90. The van der Waals surface area contributed by atoms with Crippen LogP contribution in [0.4, 0.5) is 5.69 Å². The van der Waals surface area contributed by atoms with Crippen LogP contribution in [-0.2, 0) is 0 Å². The van der Waals surface area contributed by atoms with Crippen molar-refractivity contribution in [2.24, 2.45) is 5.73 Å². The van der Waals surface area contributed by atoms with E-state index < -0.39 is 0 Å². The largest absolute Gasteiger partial charge is 0.371 e. The molecule has 0 amide bonds. The first-order valence-electron chi connectivity index (χ1n) is 8.01. The number of benzene rings is 1. The lowest BCUT2D eigenvalue weighted by Crippen LogP contribution is -2.39. The zero-order chi connectivity index (χ0) is 14.2. The van der Waals surface area contributed by atoms with Gasteiger partial charge in [-0.15, -0.1) is 0 Å². The molecule has 1 aliphatic rings. The maximum atomic E-state index is 5.68. The fourth-order valence-electron chi connectivity index (χ4n) is 3.10. The predicted molar refractivity (Wildman–Crippen MR) is 87.2 cm³/mol. The summed E-state index contributed by atoms with van der Waals surface area (Å²) in [6.45, 7) is 4.24. The van der Waals surface area contributed by atoms with Crippen LogP contribution < -0.4 is 10.6 Å². The van der Waals surface area contributed by atoms with E-state index in [-0.39, 0.29) is 0 Å². The van der Waals surface area contributed by atoms with Gasteiger partial charge in [0, 0.05) is 24.8 Å². The number of nitrogens with two attached hydrogens (primary N) is 1. The summed E-state index contributed by atoms with van der Waals surface area (Å²) in [5.41, 5.74) is 7.01. The minimum Gasteiger partial charge on any atom is -0.371 e. The number of para-hydroxylation sites is 1. The third-order valence-corrected chi connectivity index (χ3v) is 4.41. The van der Waals surface area contributed by atoms with Gasteiger partial charge in [0.2, 0.25) is 0 Å². The first-order chi connectivity index (χ1) is 9.81. The van der Waals surface area contributed by atoms with Gasteiger partial charge in [-0.25, -0.2) is 0 Å². The highest BCUT2D eigenvalue weighted by Gasteiger charge is 2.19. The topological polar surface area (TPSA) is 32.5 Å². The Hall–Kier alpha value is -1.06. The molecule has 1 aliphatic heterocycles. The van der Waals surface area contributed by atoms with E-state index in [1.807, 2.05) is 0 Å². The van der Waals surface area contributed by atoms with Gasteiger partial charge in [0.1, 0.15) is 0 Å². The quantitative estimate of drug-likeness (QED) is 0.830. The van der Waals surface area contributed by atoms with Crippen LogP contribution in [0.3, 0.4) is 0 Å². The fraction of sp³-hybridized carbons (Fsp3) is 0.647. The van der Waals surface area contributed by atoms with E-state index in [1.54, 1.807) is 0 Å². The molecule has 1 unspecified atom stereocenters. The number of piperidine rings is 1. The maximum Gasteiger partial charge on any atom is 0.0366 e. The van der Waals surface area contributed by atoms with Crippen molar-refractivity contribution >= 4 is 5.69 Å². The van der Waals surface area contributed by atoms with Gasteiger partial charge in [0.05, 0.1) is 0 Å². The minimum absolute atomic E-state index is 0.757. The van der Waals surface area contributed by atoms with Crippen LogP contribution in [0.5, 0.6) is 0 Å². The summed E-state index contributed by atoms with van der Waals surface area (Å²) in [6, 6.07) is 11.5. The second-order valence-corrected chi connectivity index (χ2v) is 5.88. The van der Waals surface area contributed by atoms with E-state index in [4.69, 9.17) is 5.73 Å². The number of likely N-dealkylation sites (tertiary alicyclic amines) is 1. The van der Waals surface area contributed by atoms with Crippen LogP contribution >= 0.6 is 0 Å².